The first kappa shape index (κ1) is 18.0. The van der Waals surface area contributed by atoms with Gasteiger partial charge in [0.2, 0.25) is 0 Å². The van der Waals surface area contributed by atoms with E-state index in [1.165, 1.54) is 23.7 Å². The Morgan fingerprint density at radius 1 is 1.24 bits per heavy atom. The van der Waals surface area contributed by atoms with Crippen molar-refractivity contribution in [3.63, 3.8) is 0 Å². The fourth-order valence-corrected chi connectivity index (χ4v) is 4.03. The fraction of sp³-hybridized carbons (Fsp3) is 0.333. The summed E-state index contributed by atoms with van der Waals surface area (Å²) in [4.78, 5) is 27.6. The molecule has 2 N–H and O–H groups in total. The molecular weight excluding hydrogens is 354 g/mol. The first-order valence-electron chi connectivity index (χ1n) is 8.17. The molecule has 1 aromatic carbocycles. The van der Waals surface area contributed by atoms with Gasteiger partial charge >= 0.3 is 11.8 Å². The summed E-state index contributed by atoms with van der Waals surface area (Å²) in [5.41, 5.74) is 1.85. The normalized spacial score (nSPS) is 15.2. The minimum atomic E-state index is -0.630. The number of nitrogens with zero attached hydrogens (tertiary/aromatic N) is 1. The summed E-state index contributed by atoms with van der Waals surface area (Å²) in [7, 11) is 0. The van der Waals surface area contributed by atoms with E-state index >= 15 is 0 Å². The van der Waals surface area contributed by atoms with Gasteiger partial charge in [-0.05, 0) is 47.2 Å². The fourth-order valence-electron chi connectivity index (χ4n) is 2.77. The van der Waals surface area contributed by atoms with Gasteiger partial charge in [-0.15, -0.1) is 11.8 Å². The van der Waals surface area contributed by atoms with E-state index in [1.54, 1.807) is 17.4 Å². The molecular formula is C18H21N3O2S2. The second-order valence-corrected chi connectivity index (χ2v) is 7.45. The summed E-state index contributed by atoms with van der Waals surface area (Å²) in [5.74, 6) is -1.23. The molecule has 1 aromatic heterocycles. The number of likely N-dealkylation sites (tertiary alicyclic amines) is 1. The first-order valence-corrected chi connectivity index (χ1v) is 10.3. The molecule has 2 amide bonds. The van der Waals surface area contributed by atoms with E-state index in [4.69, 9.17) is 0 Å². The number of thioether (sulfide) groups is 1. The van der Waals surface area contributed by atoms with Gasteiger partial charge in [0.25, 0.3) is 0 Å². The Morgan fingerprint density at radius 3 is 2.68 bits per heavy atom. The van der Waals surface area contributed by atoms with Crippen LogP contribution in [-0.2, 0) is 9.59 Å². The number of carbonyl (C=O) groups excluding carboxylic acids is 2. The zero-order valence-electron chi connectivity index (χ0n) is 14.0. The Labute approximate surface area is 155 Å². The lowest BCUT2D eigenvalue weighted by Crippen LogP contribution is -2.46. The topological polar surface area (TPSA) is 61.4 Å². The van der Waals surface area contributed by atoms with Crippen LogP contribution in [0.5, 0.6) is 0 Å². The van der Waals surface area contributed by atoms with E-state index in [0.717, 1.165) is 18.0 Å². The highest BCUT2D eigenvalue weighted by Crippen LogP contribution is 2.27. The van der Waals surface area contributed by atoms with Crippen LogP contribution in [-0.4, -0.2) is 42.6 Å². The summed E-state index contributed by atoms with van der Waals surface area (Å²) in [5, 5.41) is 9.62. The van der Waals surface area contributed by atoms with Crippen molar-refractivity contribution < 1.29 is 9.59 Å². The van der Waals surface area contributed by atoms with Crippen LogP contribution >= 0.6 is 23.1 Å². The second kappa shape index (κ2) is 8.51. The van der Waals surface area contributed by atoms with Crippen LogP contribution in [0.4, 0.5) is 5.69 Å². The summed E-state index contributed by atoms with van der Waals surface area (Å²) in [6.07, 6.45) is 3.12. The van der Waals surface area contributed by atoms with Gasteiger partial charge in [0.1, 0.15) is 0 Å². The van der Waals surface area contributed by atoms with E-state index < -0.39 is 11.8 Å². The third-order valence-corrected chi connectivity index (χ3v) is 5.77. The molecule has 0 bridgehead atoms. The molecule has 0 spiro atoms. The van der Waals surface area contributed by atoms with Crippen LogP contribution in [0, 0.1) is 0 Å². The number of nitrogens with one attached hydrogen (secondary N) is 2. The lowest BCUT2D eigenvalue weighted by Gasteiger charge is -2.38. The third-order valence-electron chi connectivity index (χ3n) is 4.28. The molecule has 25 heavy (non-hydrogen) atoms. The van der Waals surface area contributed by atoms with Crippen LogP contribution < -0.4 is 10.6 Å². The Kier molecular flexibility index (Phi) is 6.12. The van der Waals surface area contributed by atoms with Crippen LogP contribution in [0.3, 0.4) is 0 Å². The van der Waals surface area contributed by atoms with Gasteiger partial charge in [-0.2, -0.15) is 11.3 Å². The number of amides is 2. The molecule has 132 valence electrons. The number of rotatable bonds is 6. The summed E-state index contributed by atoms with van der Waals surface area (Å²) in [6.45, 7) is 2.50. The van der Waals surface area contributed by atoms with Gasteiger partial charge in [0.05, 0.1) is 11.7 Å². The van der Waals surface area contributed by atoms with Crippen molar-refractivity contribution in [2.24, 2.45) is 0 Å². The highest BCUT2D eigenvalue weighted by molar-refractivity contribution is 7.98. The monoisotopic (exact) mass is 375 g/mol. The van der Waals surface area contributed by atoms with Gasteiger partial charge in [0.15, 0.2) is 0 Å². The van der Waals surface area contributed by atoms with E-state index in [0.29, 0.717) is 12.2 Å². The van der Waals surface area contributed by atoms with Crippen molar-refractivity contribution in [3.05, 3.63) is 46.7 Å². The lowest BCUT2D eigenvalue weighted by molar-refractivity contribution is -0.136. The molecule has 7 heteroatoms. The minimum absolute atomic E-state index is 0.134. The Morgan fingerprint density at radius 2 is 2.04 bits per heavy atom. The van der Waals surface area contributed by atoms with E-state index in [-0.39, 0.29) is 6.04 Å². The average molecular weight is 376 g/mol. The summed E-state index contributed by atoms with van der Waals surface area (Å²) >= 11 is 3.17. The van der Waals surface area contributed by atoms with E-state index in [9.17, 15) is 9.59 Å². The van der Waals surface area contributed by atoms with Crippen molar-refractivity contribution in [2.45, 2.75) is 17.4 Å². The minimum Gasteiger partial charge on any atom is -0.346 e. The van der Waals surface area contributed by atoms with E-state index in [2.05, 4.69) is 27.0 Å². The molecule has 3 rings (SSSR count). The molecule has 2 aromatic rings. The SMILES string of the molecule is CSc1ccccc1NC(=O)C(=O)NC[C@H](c1ccsc1)N1CCC1. The highest BCUT2D eigenvalue weighted by Gasteiger charge is 2.27. The smallest absolute Gasteiger partial charge is 0.313 e. The largest absolute Gasteiger partial charge is 0.346 e. The van der Waals surface area contributed by atoms with Crippen LogP contribution in [0.1, 0.15) is 18.0 Å². The standard InChI is InChI=1S/C18H21N3O2S2/c1-24-16-6-3-2-5-14(16)20-18(23)17(22)19-11-15(21-8-4-9-21)13-7-10-25-12-13/h2-3,5-7,10,12,15H,4,8-9,11H2,1H3,(H,19,22)(H,20,23)/t15-/m1/s1. The first-order chi connectivity index (χ1) is 12.2. The van der Waals surface area contributed by atoms with Crippen molar-refractivity contribution in [2.75, 3.05) is 31.2 Å². The van der Waals surface area contributed by atoms with Crippen molar-refractivity contribution in [1.82, 2.24) is 10.2 Å². The molecule has 5 nitrogen and oxygen atoms in total. The summed E-state index contributed by atoms with van der Waals surface area (Å²) < 4.78 is 0. The van der Waals surface area contributed by atoms with Crippen LogP contribution in [0.25, 0.3) is 0 Å². The number of hydrogen-bond acceptors (Lipinski definition) is 5. The number of carbonyl (C=O) groups is 2. The Hall–Kier alpha value is -1.83. The number of thiophene rings is 1. The van der Waals surface area contributed by atoms with Gasteiger partial charge < -0.3 is 10.6 Å². The number of benzene rings is 1. The molecule has 1 aliphatic heterocycles. The predicted molar refractivity (Wildman–Crippen MR) is 103 cm³/mol. The summed E-state index contributed by atoms with van der Waals surface area (Å²) in [6, 6.07) is 9.66. The molecule has 1 aliphatic rings. The van der Waals surface area contributed by atoms with Gasteiger partial charge in [-0.1, -0.05) is 12.1 Å². The maximum atomic E-state index is 12.2. The Balaban J connectivity index is 1.58. The zero-order chi connectivity index (χ0) is 17.6. The molecule has 0 radical (unpaired) electrons. The molecule has 2 heterocycles. The second-order valence-electron chi connectivity index (χ2n) is 5.83. The number of para-hydroxylation sites is 1. The average Bonchev–Trinajstić information content (AvgIpc) is 3.11. The van der Waals surface area contributed by atoms with Crippen LogP contribution in [0.2, 0.25) is 0 Å². The number of anilines is 1. The maximum absolute atomic E-state index is 12.2. The Bertz CT molecular complexity index is 730. The molecule has 0 unspecified atom stereocenters. The van der Waals surface area contributed by atoms with Crippen molar-refractivity contribution >= 4 is 40.6 Å². The molecule has 0 saturated carbocycles. The van der Waals surface area contributed by atoms with Crippen molar-refractivity contribution in [3.8, 4) is 0 Å². The number of hydrogen-bond donors (Lipinski definition) is 2. The van der Waals surface area contributed by atoms with Gasteiger partial charge in [-0.25, -0.2) is 0 Å². The molecule has 1 atom stereocenters. The quantitative estimate of drug-likeness (QED) is 0.602. The molecule has 0 aliphatic carbocycles. The van der Waals surface area contributed by atoms with E-state index in [1.807, 2.05) is 29.8 Å². The zero-order valence-corrected chi connectivity index (χ0v) is 15.7. The predicted octanol–water partition coefficient (Wildman–Crippen LogP) is 2.97. The van der Waals surface area contributed by atoms with Gasteiger partial charge in [-0.3, -0.25) is 14.5 Å². The maximum Gasteiger partial charge on any atom is 0.313 e. The van der Waals surface area contributed by atoms with Gasteiger partial charge in [0, 0.05) is 24.5 Å². The highest BCUT2D eigenvalue weighted by atomic mass is 32.2. The third kappa shape index (κ3) is 4.42. The van der Waals surface area contributed by atoms with Crippen molar-refractivity contribution in [1.29, 1.82) is 0 Å². The molecule has 1 fully saturated rings. The molecule has 1 saturated heterocycles. The lowest BCUT2D eigenvalue weighted by atomic mass is 10.0. The van der Waals surface area contributed by atoms with Crippen LogP contribution in [0.15, 0.2) is 46.0 Å².